The lowest BCUT2D eigenvalue weighted by molar-refractivity contribution is 0.136. The van der Waals surface area contributed by atoms with Crippen LogP contribution in [0.3, 0.4) is 0 Å². The van der Waals surface area contributed by atoms with Crippen molar-refractivity contribution in [2.24, 2.45) is 0 Å². The van der Waals surface area contributed by atoms with E-state index in [-0.39, 0.29) is 5.54 Å². The van der Waals surface area contributed by atoms with Gasteiger partial charge < -0.3 is 15.1 Å². The van der Waals surface area contributed by atoms with Gasteiger partial charge in [-0.2, -0.15) is 4.98 Å². The number of fused-ring (bicyclic) bond motifs is 1. The van der Waals surface area contributed by atoms with Crippen molar-refractivity contribution in [2.45, 2.75) is 19.4 Å². The molecule has 0 spiro atoms. The molecule has 0 atom stereocenters. The average Bonchev–Trinajstić information content (AvgIpc) is 2.75. The zero-order chi connectivity index (χ0) is 13.6. The Kier molecular flexibility index (Phi) is 2.67. The molecule has 5 nitrogen and oxygen atoms in total. The Balaban J connectivity index is 1.92. The maximum absolute atomic E-state index is 5.83. The third-order valence-electron chi connectivity index (χ3n) is 3.99. The van der Waals surface area contributed by atoms with Gasteiger partial charge in [0.15, 0.2) is 5.58 Å². The number of nitrogens with two attached hydrogens (primary N) is 1. The number of oxazole rings is 1. The first-order valence-electron chi connectivity index (χ1n) is 6.58. The van der Waals surface area contributed by atoms with Gasteiger partial charge in [0.1, 0.15) is 5.52 Å². The number of rotatable bonds is 1. The minimum atomic E-state index is 0.123. The molecule has 0 bridgehead atoms. The summed E-state index contributed by atoms with van der Waals surface area (Å²) in [6, 6.07) is 6.26. The number of nitrogens with zero attached hydrogens (tertiary/aromatic N) is 3. The molecule has 2 heterocycles. The molecular formula is C14H20N4O. The summed E-state index contributed by atoms with van der Waals surface area (Å²) in [6.07, 6.45) is 0. The Morgan fingerprint density at radius 3 is 2.84 bits per heavy atom. The van der Waals surface area contributed by atoms with Gasteiger partial charge in [-0.3, -0.25) is 4.90 Å². The van der Waals surface area contributed by atoms with Crippen molar-refractivity contribution >= 4 is 22.8 Å². The molecule has 1 aliphatic heterocycles. The smallest absolute Gasteiger partial charge is 0.298 e. The molecular weight excluding hydrogens is 240 g/mol. The minimum absolute atomic E-state index is 0.123. The molecule has 1 aromatic carbocycles. The van der Waals surface area contributed by atoms with Gasteiger partial charge >= 0.3 is 0 Å². The number of likely N-dealkylation sites (N-methyl/N-ethyl adjacent to an activating group) is 1. The summed E-state index contributed by atoms with van der Waals surface area (Å²) in [5.74, 6) is 0. The molecule has 0 radical (unpaired) electrons. The lowest BCUT2D eigenvalue weighted by Crippen LogP contribution is -2.57. The molecule has 5 heteroatoms. The van der Waals surface area contributed by atoms with E-state index in [1.807, 2.05) is 18.2 Å². The summed E-state index contributed by atoms with van der Waals surface area (Å²) >= 11 is 0. The molecule has 0 aliphatic carbocycles. The van der Waals surface area contributed by atoms with Crippen molar-refractivity contribution < 1.29 is 4.42 Å². The van der Waals surface area contributed by atoms with E-state index in [1.54, 1.807) is 0 Å². The van der Waals surface area contributed by atoms with Crippen LogP contribution in [0.25, 0.3) is 11.1 Å². The standard InChI is InChI=1S/C14H20N4O/c1-14(2)9-18(7-6-17(14)3)13-16-11-8-10(15)4-5-12(11)19-13/h4-5,8H,6-7,9,15H2,1-3H3. The summed E-state index contributed by atoms with van der Waals surface area (Å²) < 4.78 is 5.83. The summed E-state index contributed by atoms with van der Waals surface area (Å²) in [5.41, 5.74) is 8.23. The highest BCUT2D eigenvalue weighted by Gasteiger charge is 2.32. The van der Waals surface area contributed by atoms with E-state index in [0.29, 0.717) is 11.7 Å². The van der Waals surface area contributed by atoms with E-state index in [1.165, 1.54) is 0 Å². The monoisotopic (exact) mass is 260 g/mol. The van der Waals surface area contributed by atoms with E-state index < -0.39 is 0 Å². The Morgan fingerprint density at radius 1 is 1.32 bits per heavy atom. The molecule has 1 saturated heterocycles. The predicted molar refractivity (Wildman–Crippen MR) is 77.3 cm³/mol. The number of anilines is 2. The minimum Gasteiger partial charge on any atom is -0.423 e. The summed E-state index contributed by atoms with van der Waals surface area (Å²) in [7, 11) is 2.16. The van der Waals surface area contributed by atoms with Crippen LogP contribution in [0.1, 0.15) is 13.8 Å². The van der Waals surface area contributed by atoms with E-state index >= 15 is 0 Å². The largest absolute Gasteiger partial charge is 0.423 e. The first-order chi connectivity index (χ1) is 8.95. The van der Waals surface area contributed by atoms with Crippen molar-refractivity contribution in [1.29, 1.82) is 0 Å². The van der Waals surface area contributed by atoms with Gasteiger partial charge in [0.25, 0.3) is 6.01 Å². The summed E-state index contributed by atoms with van der Waals surface area (Å²) in [4.78, 5) is 9.12. The highest BCUT2D eigenvalue weighted by Crippen LogP contribution is 2.27. The number of aromatic nitrogens is 1. The van der Waals surface area contributed by atoms with Gasteiger partial charge in [-0.25, -0.2) is 0 Å². The Morgan fingerprint density at radius 2 is 2.11 bits per heavy atom. The predicted octanol–water partition coefficient (Wildman–Crippen LogP) is 1.94. The quantitative estimate of drug-likeness (QED) is 0.794. The van der Waals surface area contributed by atoms with Gasteiger partial charge in [0.05, 0.1) is 0 Å². The molecule has 2 N–H and O–H groups in total. The third-order valence-corrected chi connectivity index (χ3v) is 3.99. The maximum atomic E-state index is 5.83. The highest BCUT2D eigenvalue weighted by atomic mass is 16.4. The van der Waals surface area contributed by atoms with Crippen LogP contribution in [0.15, 0.2) is 22.6 Å². The second kappa shape index (κ2) is 4.13. The van der Waals surface area contributed by atoms with Gasteiger partial charge in [0.2, 0.25) is 0 Å². The number of nitrogen functional groups attached to an aromatic ring is 1. The van der Waals surface area contributed by atoms with Crippen LogP contribution < -0.4 is 10.6 Å². The number of benzene rings is 1. The number of hydrogen-bond acceptors (Lipinski definition) is 5. The van der Waals surface area contributed by atoms with Crippen molar-refractivity contribution in [2.75, 3.05) is 37.3 Å². The molecule has 1 aromatic heterocycles. The highest BCUT2D eigenvalue weighted by molar-refractivity contribution is 5.78. The van der Waals surface area contributed by atoms with Gasteiger partial charge in [-0.1, -0.05) is 0 Å². The third kappa shape index (κ3) is 2.14. The van der Waals surface area contributed by atoms with Crippen LogP contribution in [0, 0.1) is 0 Å². The SMILES string of the molecule is CN1CCN(c2nc3cc(N)ccc3o2)CC1(C)C. The van der Waals surface area contributed by atoms with Gasteiger partial charge in [0, 0.05) is 30.9 Å². The molecule has 2 aromatic rings. The second-order valence-corrected chi connectivity index (χ2v) is 5.88. The van der Waals surface area contributed by atoms with Crippen LogP contribution in [0.2, 0.25) is 0 Å². The Labute approximate surface area is 113 Å². The van der Waals surface area contributed by atoms with Crippen LogP contribution in [0.4, 0.5) is 11.7 Å². The molecule has 0 unspecified atom stereocenters. The van der Waals surface area contributed by atoms with Crippen molar-refractivity contribution in [3.8, 4) is 0 Å². The topological polar surface area (TPSA) is 58.5 Å². The first kappa shape index (κ1) is 12.3. The zero-order valence-corrected chi connectivity index (χ0v) is 11.7. The number of hydrogen-bond donors (Lipinski definition) is 1. The van der Waals surface area contributed by atoms with Crippen molar-refractivity contribution in [3.05, 3.63) is 18.2 Å². The van der Waals surface area contributed by atoms with E-state index in [4.69, 9.17) is 10.2 Å². The fourth-order valence-electron chi connectivity index (χ4n) is 2.47. The van der Waals surface area contributed by atoms with Crippen LogP contribution in [-0.2, 0) is 0 Å². The average molecular weight is 260 g/mol. The van der Waals surface area contributed by atoms with Gasteiger partial charge in [-0.15, -0.1) is 0 Å². The summed E-state index contributed by atoms with van der Waals surface area (Å²) in [6.45, 7) is 7.32. The first-order valence-corrected chi connectivity index (χ1v) is 6.58. The molecule has 1 fully saturated rings. The van der Waals surface area contributed by atoms with Crippen molar-refractivity contribution in [3.63, 3.8) is 0 Å². The lowest BCUT2D eigenvalue weighted by Gasteiger charge is -2.44. The summed E-state index contributed by atoms with van der Waals surface area (Å²) in [5, 5.41) is 0. The normalized spacial score (nSPS) is 20.1. The van der Waals surface area contributed by atoms with Gasteiger partial charge in [-0.05, 0) is 39.1 Å². The molecule has 102 valence electrons. The number of piperazine rings is 1. The van der Waals surface area contributed by atoms with Crippen LogP contribution in [-0.4, -0.2) is 42.1 Å². The molecule has 0 amide bonds. The second-order valence-electron chi connectivity index (χ2n) is 5.88. The zero-order valence-electron chi connectivity index (χ0n) is 11.7. The molecule has 3 rings (SSSR count). The fourth-order valence-corrected chi connectivity index (χ4v) is 2.47. The maximum Gasteiger partial charge on any atom is 0.298 e. The van der Waals surface area contributed by atoms with E-state index in [2.05, 4.69) is 35.7 Å². The molecule has 19 heavy (non-hydrogen) atoms. The van der Waals surface area contributed by atoms with Crippen LogP contribution in [0.5, 0.6) is 0 Å². The molecule has 0 saturated carbocycles. The fraction of sp³-hybridized carbons (Fsp3) is 0.500. The van der Waals surface area contributed by atoms with E-state index in [0.717, 1.165) is 30.7 Å². The van der Waals surface area contributed by atoms with Crippen molar-refractivity contribution in [1.82, 2.24) is 9.88 Å². The Bertz CT molecular complexity index is 605. The lowest BCUT2D eigenvalue weighted by atomic mass is 10.0. The van der Waals surface area contributed by atoms with Crippen LogP contribution >= 0.6 is 0 Å². The Hall–Kier alpha value is -1.75. The van der Waals surface area contributed by atoms with E-state index in [9.17, 15) is 0 Å². The molecule has 1 aliphatic rings.